The number of nitrogens with two attached hydrogens (primary N) is 1. The average Bonchev–Trinajstić information content (AvgIpc) is 3.43. The molecule has 1 saturated heterocycles. The lowest BCUT2D eigenvalue weighted by Crippen LogP contribution is -2.56. The van der Waals surface area contributed by atoms with E-state index >= 15 is 0 Å². The number of halogens is 1. The van der Waals surface area contributed by atoms with Crippen molar-refractivity contribution in [3.8, 4) is 28.7 Å². The van der Waals surface area contributed by atoms with Crippen LogP contribution in [-0.2, 0) is 29.6 Å². The van der Waals surface area contributed by atoms with Gasteiger partial charge in [0.05, 0.1) is 30.3 Å². The number of hydrogen-bond acceptors (Lipinski definition) is 11. The van der Waals surface area contributed by atoms with Crippen molar-refractivity contribution in [1.29, 1.82) is 5.26 Å². The molecule has 14 heteroatoms. The van der Waals surface area contributed by atoms with Crippen molar-refractivity contribution >= 4 is 23.5 Å². The molecule has 208 valence electrons. The van der Waals surface area contributed by atoms with Gasteiger partial charge in [-0.15, -0.1) is 0 Å². The van der Waals surface area contributed by atoms with E-state index in [1.165, 1.54) is 37.4 Å². The Bertz CT molecular complexity index is 1610. The van der Waals surface area contributed by atoms with Gasteiger partial charge >= 0.3 is 11.8 Å². The highest BCUT2D eigenvalue weighted by atomic mass is 19.1. The molecule has 4 aromatic rings. The summed E-state index contributed by atoms with van der Waals surface area (Å²) < 4.78 is 30.3. The van der Waals surface area contributed by atoms with E-state index in [4.69, 9.17) is 25.2 Å². The maximum Gasteiger partial charge on any atom is 0.317 e. The van der Waals surface area contributed by atoms with E-state index in [1.807, 2.05) is 0 Å². The van der Waals surface area contributed by atoms with Crippen LogP contribution in [0.15, 0.2) is 61.1 Å². The predicted molar refractivity (Wildman–Crippen MR) is 140 cm³/mol. The third kappa shape index (κ3) is 5.44. The Morgan fingerprint density at radius 2 is 1.83 bits per heavy atom. The van der Waals surface area contributed by atoms with E-state index in [2.05, 4.69) is 30.2 Å². The van der Waals surface area contributed by atoms with Crippen LogP contribution < -0.4 is 11.1 Å². The number of ether oxygens (including phenoxy) is 3. The lowest BCUT2D eigenvalue weighted by Gasteiger charge is -2.40. The number of hydrogen-bond donors (Lipinski definition) is 3. The fourth-order valence-electron chi connectivity index (χ4n) is 4.04. The molecule has 0 spiro atoms. The van der Waals surface area contributed by atoms with Gasteiger partial charge in [0.1, 0.15) is 17.3 Å². The number of anilines is 2. The van der Waals surface area contributed by atoms with Crippen molar-refractivity contribution in [1.82, 2.24) is 24.9 Å². The fraction of sp³-hybridized carbons (Fsp3) is 0.222. The molecule has 0 atom stereocenters. The summed E-state index contributed by atoms with van der Waals surface area (Å²) in [6.07, 6.45) is 4.75. The number of nitriles is 1. The Hall–Kier alpha value is -5.26. The van der Waals surface area contributed by atoms with Gasteiger partial charge in [-0.3, -0.25) is 14.6 Å². The molecule has 0 unspecified atom stereocenters. The molecule has 0 saturated carbocycles. The number of aromatic nitrogens is 5. The van der Waals surface area contributed by atoms with Gasteiger partial charge < -0.3 is 30.2 Å². The standard InChI is InChI=1S/C27H23FN8O5/c1-26(24(38)39-13-9-29)14-40-27(22(30)37,41-15-26)23-35-20(16-2-4-17(28)5-3-16)21(36-23)19-8-12-32-25(34-19)33-18-6-10-31-11-7-18/h2-8,10-12H,13-15H2,1H3,(H2,30,37)(H,35,36)(H,31,32,33,34). The fourth-order valence-corrected chi connectivity index (χ4v) is 4.04. The number of rotatable bonds is 8. The summed E-state index contributed by atoms with van der Waals surface area (Å²) in [4.78, 5) is 45.7. The number of pyridine rings is 1. The number of carbonyl (C=O) groups is 2. The van der Waals surface area contributed by atoms with Gasteiger partial charge in [0.15, 0.2) is 12.4 Å². The minimum atomic E-state index is -2.20. The highest BCUT2D eigenvalue weighted by molar-refractivity contribution is 5.85. The number of esters is 1. The molecule has 0 radical (unpaired) electrons. The van der Waals surface area contributed by atoms with E-state index in [0.717, 1.165) is 0 Å². The molecule has 13 nitrogen and oxygen atoms in total. The molecule has 0 bridgehead atoms. The Morgan fingerprint density at radius 1 is 1.12 bits per heavy atom. The molecular formula is C27H23FN8O5. The Kier molecular flexibility index (Phi) is 7.38. The quantitative estimate of drug-likeness (QED) is 0.269. The van der Waals surface area contributed by atoms with Crippen LogP contribution in [0.1, 0.15) is 12.7 Å². The van der Waals surface area contributed by atoms with Gasteiger partial charge in [0.2, 0.25) is 5.95 Å². The average molecular weight is 559 g/mol. The third-order valence-corrected chi connectivity index (χ3v) is 6.25. The molecule has 3 aromatic heterocycles. The molecule has 1 aliphatic heterocycles. The highest BCUT2D eigenvalue weighted by Gasteiger charge is 2.54. The van der Waals surface area contributed by atoms with Crippen LogP contribution in [0, 0.1) is 22.6 Å². The van der Waals surface area contributed by atoms with Crippen LogP contribution in [0.25, 0.3) is 22.6 Å². The van der Waals surface area contributed by atoms with Crippen LogP contribution >= 0.6 is 0 Å². The summed E-state index contributed by atoms with van der Waals surface area (Å²) in [6.45, 7) is 0.410. The number of primary amides is 1. The van der Waals surface area contributed by atoms with Gasteiger partial charge in [-0.1, -0.05) is 0 Å². The topological polar surface area (TPSA) is 191 Å². The molecular weight excluding hydrogens is 535 g/mol. The molecule has 0 aliphatic carbocycles. The molecule has 5 rings (SSSR count). The number of carbonyl (C=O) groups excluding carboxylic acids is 2. The van der Waals surface area contributed by atoms with Crippen molar-refractivity contribution in [2.75, 3.05) is 25.1 Å². The number of H-pyrrole nitrogens is 1. The van der Waals surface area contributed by atoms with Crippen LogP contribution in [0.2, 0.25) is 0 Å². The highest BCUT2D eigenvalue weighted by Crippen LogP contribution is 2.39. The monoisotopic (exact) mass is 558 g/mol. The minimum absolute atomic E-state index is 0.117. The van der Waals surface area contributed by atoms with Crippen LogP contribution in [0.4, 0.5) is 16.0 Å². The minimum Gasteiger partial charge on any atom is -0.450 e. The number of nitrogens with zero attached hydrogens (tertiary/aromatic N) is 5. The van der Waals surface area contributed by atoms with Crippen molar-refractivity contribution in [3.05, 3.63) is 72.7 Å². The molecule has 1 amide bonds. The van der Waals surface area contributed by atoms with Crippen molar-refractivity contribution in [2.24, 2.45) is 11.1 Å². The molecule has 1 aromatic carbocycles. The number of aromatic amines is 1. The van der Waals surface area contributed by atoms with Crippen LogP contribution in [0.3, 0.4) is 0 Å². The SMILES string of the molecule is CC1(C(=O)OCC#N)COC(C(N)=O)(c2nc(-c3ccc(F)cc3)c(-c3ccnc(Nc4ccncc4)n3)[nH]2)OC1. The first-order chi connectivity index (χ1) is 19.7. The number of nitrogens with one attached hydrogen (secondary N) is 2. The summed E-state index contributed by atoms with van der Waals surface area (Å²) in [6, 6.07) is 12.4. The van der Waals surface area contributed by atoms with Gasteiger partial charge in [-0.2, -0.15) is 5.26 Å². The van der Waals surface area contributed by atoms with Crippen molar-refractivity contribution in [2.45, 2.75) is 12.7 Å². The summed E-state index contributed by atoms with van der Waals surface area (Å²) in [5, 5.41) is 11.8. The summed E-state index contributed by atoms with van der Waals surface area (Å²) in [5.41, 5.74) is 6.63. The summed E-state index contributed by atoms with van der Waals surface area (Å²) in [5.74, 6) is -4.27. The van der Waals surface area contributed by atoms with E-state index in [0.29, 0.717) is 28.3 Å². The van der Waals surface area contributed by atoms with E-state index in [1.54, 1.807) is 36.7 Å². The zero-order chi connectivity index (χ0) is 29.0. The molecule has 41 heavy (non-hydrogen) atoms. The smallest absolute Gasteiger partial charge is 0.317 e. The zero-order valence-electron chi connectivity index (χ0n) is 21.6. The number of imidazole rings is 1. The maximum atomic E-state index is 13.7. The number of amides is 1. The molecule has 4 N–H and O–H groups in total. The third-order valence-electron chi connectivity index (χ3n) is 6.25. The molecule has 4 heterocycles. The lowest BCUT2D eigenvalue weighted by molar-refractivity contribution is -0.293. The van der Waals surface area contributed by atoms with Crippen molar-refractivity contribution < 1.29 is 28.2 Å². The lowest BCUT2D eigenvalue weighted by atomic mass is 9.91. The van der Waals surface area contributed by atoms with Crippen LogP contribution in [0.5, 0.6) is 0 Å². The van der Waals surface area contributed by atoms with Gasteiger partial charge in [-0.05, 0) is 49.4 Å². The first-order valence-electron chi connectivity index (χ1n) is 12.2. The normalized spacial score (nSPS) is 20.1. The largest absolute Gasteiger partial charge is 0.450 e. The molecule has 1 aliphatic rings. The van der Waals surface area contributed by atoms with Crippen LogP contribution in [-0.4, -0.2) is 56.6 Å². The zero-order valence-corrected chi connectivity index (χ0v) is 21.6. The second kappa shape index (κ2) is 11.1. The second-order valence-electron chi connectivity index (χ2n) is 9.30. The summed E-state index contributed by atoms with van der Waals surface area (Å²) >= 11 is 0. The summed E-state index contributed by atoms with van der Waals surface area (Å²) in [7, 11) is 0. The molecule has 1 fully saturated rings. The number of benzene rings is 1. The first kappa shape index (κ1) is 27.3. The first-order valence-corrected chi connectivity index (χ1v) is 12.2. The second-order valence-corrected chi connectivity index (χ2v) is 9.30. The van der Waals surface area contributed by atoms with Gasteiger partial charge in [-0.25, -0.2) is 19.3 Å². The van der Waals surface area contributed by atoms with Gasteiger partial charge in [0, 0.05) is 29.8 Å². The van der Waals surface area contributed by atoms with E-state index in [9.17, 15) is 14.0 Å². The van der Waals surface area contributed by atoms with E-state index < -0.39 is 35.5 Å². The Morgan fingerprint density at radius 3 is 2.49 bits per heavy atom. The van der Waals surface area contributed by atoms with Crippen molar-refractivity contribution in [3.63, 3.8) is 0 Å². The Balaban J connectivity index is 1.55. The predicted octanol–water partition coefficient (Wildman–Crippen LogP) is 2.57. The van der Waals surface area contributed by atoms with E-state index in [-0.39, 0.29) is 25.0 Å². The van der Waals surface area contributed by atoms with Gasteiger partial charge in [0.25, 0.3) is 5.91 Å². The maximum absolute atomic E-state index is 13.7. The Labute approximate surface area is 232 Å².